The lowest BCUT2D eigenvalue weighted by Crippen LogP contribution is -2.25. The highest BCUT2D eigenvalue weighted by atomic mass is 35.5. The van der Waals surface area contributed by atoms with Crippen molar-refractivity contribution in [2.45, 2.75) is 11.7 Å². The number of thioether (sulfide) groups is 1. The fraction of sp³-hybridized carbons (Fsp3) is 0.214. The van der Waals surface area contributed by atoms with E-state index < -0.39 is 5.91 Å². The highest BCUT2D eigenvalue weighted by Gasteiger charge is 2.20. The molecule has 2 N–H and O–H groups in total. The first-order valence-corrected chi connectivity index (χ1v) is 14.1. The summed E-state index contributed by atoms with van der Waals surface area (Å²) in [4.78, 5) is 25.8. The van der Waals surface area contributed by atoms with Gasteiger partial charge in [-0.1, -0.05) is 35.0 Å². The van der Waals surface area contributed by atoms with Crippen LogP contribution in [0.4, 0.5) is 5.69 Å². The molecule has 1 aromatic heterocycles. The zero-order valence-corrected chi connectivity index (χ0v) is 25.4. The third-order valence-electron chi connectivity index (χ3n) is 5.90. The highest BCUT2D eigenvalue weighted by molar-refractivity contribution is 7.99. The third-order valence-corrected chi connectivity index (χ3v) is 7.57. The molecule has 0 atom stereocenters. The second-order valence-corrected chi connectivity index (χ2v) is 10.3. The number of nitrogens with zero attached hydrogens (tertiary/aromatic N) is 3. The molecular weight excluding hydrogens is 605 g/mol. The molecule has 3 aromatic carbocycles. The number of halogens is 2. The van der Waals surface area contributed by atoms with Crippen LogP contribution in [0.2, 0.25) is 10.0 Å². The van der Waals surface area contributed by atoms with Gasteiger partial charge in [0.2, 0.25) is 11.7 Å². The van der Waals surface area contributed by atoms with E-state index in [0.29, 0.717) is 55.4 Å². The molecule has 0 aliphatic rings. The molecule has 2 amide bonds. The Kier molecular flexibility index (Phi) is 10.4. The topological polar surface area (TPSA) is 126 Å². The van der Waals surface area contributed by atoms with E-state index in [9.17, 15) is 9.59 Å². The smallest absolute Gasteiger partial charge is 0.251 e. The van der Waals surface area contributed by atoms with E-state index in [1.54, 1.807) is 66.3 Å². The summed E-state index contributed by atoms with van der Waals surface area (Å²) in [7, 11) is 5.99. The van der Waals surface area contributed by atoms with Gasteiger partial charge in [-0.15, -0.1) is 10.2 Å². The summed E-state index contributed by atoms with van der Waals surface area (Å²) in [5.41, 5.74) is 1.52. The number of hydrogen-bond donors (Lipinski definition) is 2. The van der Waals surface area contributed by atoms with Crippen LogP contribution in [0.25, 0.3) is 5.69 Å². The van der Waals surface area contributed by atoms with Crippen LogP contribution < -0.4 is 29.6 Å². The monoisotopic (exact) mass is 631 g/mol. The van der Waals surface area contributed by atoms with Crippen molar-refractivity contribution in [2.75, 3.05) is 39.5 Å². The summed E-state index contributed by atoms with van der Waals surface area (Å²) in [6.45, 7) is 0.00133. The number of ether oxygens (including phenoxy) is 4. The molecular formula is C28H27Cl2N5O6S. The molecule has 4 rings (SSSR count). The minimum atomic E-state index is -0.411. The summed E-state index contributed by atoms with van der Waals surface area (Å²) in [5.74, 6) is 1.52. The number of benzene rings is 3. The van der Waals surface area contributed by atoms with E-state index in [-0.39, 0.29) is 23.8 Å². The lowest BCUT2D eigenvalue weighted by atomic mass is 10.1. The Labute approximate surface area is 256 Å². The molecule has 4 aromatic rings. The van der Waals surface area contributed by atoms with Gasteiger partial charge < -0.3 is 29.6 Å². The molecule has 0 radical (unpaired) electrons. The molecule has 0 spiro atoms. The van der Waals surface area contributed by atoms with Crippen LogP contribution in [-0.4, -0.2) is 60.8 Å². The van der Waals surface area contributed by atoms with Crippen molar-refractivity contribution in [2.24, 2.45) is 0 Å². The predicted octanol–water partition coefficient (Wildman–Crippen LogP) is 5.27. The SMILES string of the molecule is COc1ccc(NC(=O)CSc2nnc(CNC(=O)c3cc(OC)c(OC)c(OC)c3)n2-c2ccc(Cl)c(Cl)c2)cc1. The maximum atomic E-state index is 13.1. The molecule has 0 saturated heterocycles. The average molecular weight is 633 g/mol. The Hall–Kier alpha value is -4.13. The number of amides is 2. The number of hydrogen-bond acceptors (Lipinski definition) is 9. The second-order valence-electron chi connectivity index (χ2n) is 8.49. The van der Waals surface area contributed by atoms with Crippen molar-refractivity contribution < 1.29 is 28.5 Å². The van der Waals surface area contributed by atoms with Gasteiger partial charge in [-0.2, -0.15) is 0 Å². The van der Waals surface area contributed by atoms with Gasteiger partial charge in [-0.25, -0.2) is 0 Å². The zero-order chi connectivity index (χ0) is 30.2. The van der Waals surface area contributed by atoms with Crippen LogP contribution in [0.1, 0.15) is 16.2 Å². The fourth-order valence-corrected chi connectivity index (χ4v) is 4.93. The maximum Gasteiger partial charge on any atom is 0.251 e. The summed E-state index contributed by atoms with van der Waals surface area (Å²) >= 11 is 13.6. The molecule has 1 heterocycles. The number of anilines is 1. The average Bonchev–Trinajstić information content (AvgIpc) is 3.42. The van der Waals surface area contributed by atoms with Crippen LogP contribution in [-0.2, 0) is 11.3 Å². The van der Waals surface area contributed by atoms with E-state index in [2.05, 4.69) is 20.8 Å². The van der Waals surface area contributed by atoms with Crippen molar-refractivity contribution >= 4 is 52.5 Å². The Bertz CT molecular complexity index is 1560. The van der Waals surface area contributed by atoms with E-state index in [1.165, 1.54) is 33.1 Å². The number of carbonyl (C=O) groups excluding carboxylic acids is 2. The predicted molar refractivity (Wildman–Crippen MR) is 161 cm³/mol. The third kappa shape index (κ3) is 7.19. The Morgan fingerprint density at radius 3 is 2.14 bits per heavy atom. The standard InChI is InChI=1S/C28H27Cl2N5O6S/c1-38-19-8-5-17(6-9-19)32-25(36)15-42-28-34-33-24(35(28)18-7-10-20(29)21(30)13-18)14-31-27(37)16-11-22(39-2)26(41-4)23(12-16)40-3/h5-13H,14-15H2,1-4H3,(H,31,37)(H,32,36). The van der Waals surface area contributed by atoms with E-state index >= 15 is 0 Å². The van der Waals surface area contributed by atoms with Gasteiger partial charge in [0, 0.05) is 11.3 Å². The quantitative estimate of drug-likeness (QED) is 0.201. The van der Waals surface area contributed by atoms with Gasteiger partial charge >= 0.3 is 0 Å². The molecule has 0 aliphatic heterocycles. The van der Waals surface area contributed by atoms with Crippen molar-refractivity contribution in [3.8, 4) is 28.7 Å². The molecule has 14 heteroatoms. The Morgan fingerprint density at radius 2 is 1.55 bits per heavy atom. The number of methoxy groups -OCH3 is 4. The zero-order valence-electron chi connectivity index (χ0n) is 23.1. The summed E-state index contributed by atoms with van der Waals surface area (Å²) in [5, 5.41) is 15.3. The largest absolute Gasteiger partial charge is 0.497 e. The summed E-state index contributed by atoms with van der Waals surface area (Å²) < 4.78 is 22.9. The first kappa shape index (κ1) is 30.8. The van der Waals surface area contributed by atoms with Crippen molar-refractivity contribution in [1.82, 2.24) is 20.1 Å². The normalized spacial score (nSPS) is 10.6. The Morgan fingerprint density at radius 1 is 0.857 bits per heavy atom. The molecule has 0 fully saturated rings. The van der Waals surface area contributed by atoms with Crippen LogP contribution in [0.5, 0.6) is 23.0 Å². The number of nitrogens with one attached hydrogen (secondary N) is 2. The number of carbonyl (C=O) groups is 2. The number of aromatic nitrogens is 3. The summed E-state index contributed by atoms with van der Waals surface area (Å²) in [6, 6.07) is 15.1. The van der Waals surface area contributed by atoms with Crippen LogP contribution >= 0.6 is 35.0 Å². The lowest BCUT2D eigenvalue weighted by Gasteiger charge is -2.14. The molecule has 220 valence electrons. The van der Waals surface area contributed by atoms with Gasteiger partial charge in [0.1, 0.15) is 5.75 Å². The van der Waals surface area contributed by atoms with Gasteiger partial charge in [0.05, 0.1) is 56.5 Å². The maximum absolute atomic E-state index is 13.1. The minimum absolute atomic E-state index is 0.00133. The van der Waals surface area contributed by atoms with E-state index in [1.807, 2.05) is 0 Å². The van der Waals surface area contributed by atoms with Crippen molar-refractivity contribution in [3.63, 3.8) is 0 Å². The van der Waals surface area contributed by atoms with Crippen LogP contribution in [0.15, 0.2) is 59.8 Å². The van der Waals surface area contributed by atoms with Gasteiger partial charge in [0.25, 0.3) is 5.91 Å². The highest BCUT2D eigenvalue weighted by Crippen LogP contribution is 2.38. The van der Waals surface area contributed by atoms with E-state index in [4.69, 9.17) is 42.1 Å². The number of rotatable bonds is 12. The van der Waals surface area contributed by atoms with Gasteiger partial charge in [-0.05, 0) is 54.6 Å². The van der Waals surface area contributed by atoms with Gasteiger partial charge in [-0.3, -0.25) is 14.2 Å². The van der Waals surface area contributed by atoms with Crippen LogP contribution in [0, 0.1) is 0 Å². The molecule has 0 bridgehead atoms. The lowest BCUT2D eigenvalue weighted by molar-refractivity contribution is -0.113. The molecule has 0 unspecified atom stereocenters. The second kappa shape index (κ2) is 14.2. The fourth-order valence-electron chi connectivity index (χ4n) is 3.87. The molecule has 11 nitrogen and oxygen atoms in total. The first-order valence-electron chi connectivity index (χ1n) is 12.3. The van der Waals surface area contributed by atoms with Crippen LogP contribution in [0.3, 0.4) is 0 Å². The summed E-state index contributed by atoms with van der Waals surface area (Å²) in [6.07, 6.45) is 0. The van der Waals surface area contributed by atoms with E-state index in [0.717, 1.165) is 0 Å². The van der Waals surface area contributed by atoms with Gasteiger partial charge in [0.15, 0.2) is 22.5 Å². The molecule has 42 heavy (non-hydrogen) atoms. The minimum Gasteiger partial charge on any atom is -0.497 e. The first-order chi connectivity index (χ1) is 20.3. The molecule has 0 aliphatic carbocycles. The van der Waals surface area contributed by atoms with Crippen molar-refractivity contribution in [1.29, 1.82) is 0 Å². The molecule has 0 saturated carbocycles. The van der Waals surface area contributed by atoms with Crippen molar-refractivity contribution in [3.05, 3.63) is 76.0 Å². The Balaban J connectivity index is 1.54.